The highest BCUT2D eigenvalue weighted by atomic mass is 35.5. The lowest BCUT2D eigenvalue weighted by molar-refractivity contribution is 0.343. The minimum Gasteiger partial charge on any atom is -0.492 e. The Morgan fingerprint density at radius 2 is 2.00 bits per heavy atom. The molecule has 0 unspecified atom stereocenters. The van der Waals surface area contributed by atoms with Crippen LogP contribution in [0.2, 0.25) is 0 Å². The predicted molar refractivity (Wildman–Crippen MR) is 82.4 cm³/mol. The number of aryl methyl sites for hydroxylation is 1. The SMILES string of the molecule is Cn1cnc2ccc(-c3cccc(OCCCl)c3)cc21. The Morgan fingerprint density at radius 1 is 1.15 bits per heavy atom. The number of halogens is 1. The first-order valence-electron chi connectivity index (χ1n) is 6.48. The van der Waals surface area contributed by atoms with Crippen molar-refractivity contribution in [1.82, 2.24) is 9.55 Å². The van der Waals surface area contributed by atoms with Crippen molar-refractivity contribution in [3.63, 3.8) is 0 Å². The van der Waals surface area contributed by atoms with Gasteiger partial charge in [0.05, 0.1) is 23.2 Å². The van der Waals surface area contributed by atoms with Crippen LogP contribution in [0.1, 0.15) is 0 Å². The van der Waals surface area contributed by atoms with E-state index >= 15 is 0 Å². The third kappa shape index (κ3) is 2.49. The van der Waals surface area contributed by atoms with Crippen molar-refractivity contribution < 1.29 is 4.74 Å². The van der Waals surface area contributed by atoms with E-state index in [4.69, 9.17) is 16.3 Å². The normalized spacial score (nSPS) is 10.9. The Kier molecular flexibility index (Phi) is 3.61. The van der Waals surface area contributed by atoms with Gasteiger partial charge >= 0.3 is 0 Å². The van der Waals surface area contributed by atoms with E-state index in [9.17, 15) is 0 Å². The van der Waals surface area contributed by atoms with Gasteiger partial charge in [0.15, 0.2) is 0 Å². The maximum atomic E-state index is 5.64. The molecule has 0 saturated carbocycles. The number of ether oxygens (including phenoxy) is 1. The topological polar surface area (TPSA) is 27.1 Å². The number of imidazole rings is 1. The molecular formula is C16H15ClN2O. The van der Waals surface area contributed by atoms with E-state index in [1.165, 1.54) is 0 Å². The van der Waals surface area contributed by atoms with Gasteiger partial charge in [-0.2, -0.15) is 0 Å². The van der Waals surface area contributed by atoms with Crippen molar-refractivity contribution in [3.05, 3.63) is 48.8 Å². The van der Waals surface area contributed by atoms with Crippen molar-refractivity contribution >= 4 is 22.6 Å². The first-order valence-corrected chi connectivity index (χ1v) is 7.01. The largest absolute Gasteiger partial charge is 0.492 e. The van der Waals surface area contributed by atoms with Crippen LogP contribution in [0.5, 0.6) is 5.75 Å². The van der Waals surface area contributed by atoms with Crippen LogP contribution in [0.25, 0.3) is 22.2 Å². The van der Waals surface area contributed by atoms with Crippen LogP contribution < -0.4 is 4.74 Å². The molecule has 0 aliphatic rings. The molecule has 0 aliphatic carbocycles. The Hall–Kier alpha value is -2.00. The van der Waals surface area contributed by atoms with Gasteiger partial charge in [-0.25, -0.2) is 4.98 Å². The number of benzene rings is 2. The summed E-state index contributed by atoms with van der Waals surface area (Å²) in [6.45, 7) is 0.520. The molecule has 3 nitrogen and oxygen atoms in total. The molecule has 3 rings (SSSR count). The van der Waals surface area contributed by atoms with Crippen molar-refractivity contribution in [2.24, 2.45) is 7.05 Å². The van der Waals surface area contributed by atoms with Crippen molar-refractivity contribution in [1.29, 1.82) is 0 Å². The van der Waals surface area contributed by atoms with Crippen LogP contribution in [0, 0.1) is 0 Å². The lowest BCUT2D eigenvalue weighted by atomic mass is 10.0. The smallest absolute Gasteiger partial charge is 0.119 e. The van der Waals surface area contributed by atoms with Crippen LogP contribution >= 0.6 is 11.6 Å². The average Bonchev–Trinajstić information content (AvgIpc) is 2.86. The van der Waals surface area contributed by atoms with E-state index in [1.807, 2.05) is 42.2 Å². The van der Waals surface area contributed by atoms with Gasteiger partial charge in [0.25, 0.3) is 0 Å². The summed E-state index contributed by atoms with van der Waals surface area (Å²) in [5.74, 6) is 1.33. The van der Waals surface area contributed by atoms with Gasteiger partial charge in [0, 0.05) is 7.05 Å². The Labute approximate surface area is 122 Å². The van der Waals surface area contributed by atoms with Gasteiger partial charge in [0.2, 0.25) is 0 Å². The quantitative estimate of drug-likeness (QED) is 0.681. The molecule has 1 heterocycles. The average molecular weight is 287 g/mol. The summed E-state index contributed by atoms with van der Waals surface area (Å²) in [4.78, 5) is 4.33. The van der Waals surface area contributed by atoms with Gasteiger partial charge in [-0.05, 0) is 35.4 Å². The summed E-state index contributed by atoms with van der Waals surface area (Å²) >= 11 is 5.64. The second kappa shape index (κ2) is 5.55. The second-order valence-electron chi connectivity index (χ2n) is 4.62. The Morgan fingerprint density at radius 3 is 2.85 bits per heavy atom. The fourth-order valence-electron chi connectivity index (χ4n) is 2.23. The van der Waals surface area contributed by atoms with Gasteiger partial charge in [0.1, 0.15) is 12.4 Å². The zero-order chi connectivity index (χ0) is 13.9. The monoisotopic (exact) mass is 286 g/mol. The summed E-state index contributed by atoms with van der Waals surface area (Å²) in [5, 5.41) is 0. The molecule has 2 aromatic carbocycles. The fraction of sp³-hybridized carbons (Fsp3) is 0.188. The summed E-state index contributed by atoms with van der Waals surface area (Å²) in [7, 11) is 2.00. The molecule has 0 saturated heterocycles. The van der Waals surface area contributed by atoms with Gasteiger partial charge in [-0.3, -0.25) is 0 Å². The van der Waals surface area contributed by atoms with Crippen molar-refractivity contribution in [3.8, 4) is 16.9 Å². The summed E-state index contributed by atoms with van der Waals surface area (Å²) < 4.78 is 7.58. The standard InChI is InChI=1S/C16H15ClN2O/c1-19-11-18-15-6-5-13(10-16(15)19)12-3-2-4-14(9-12)20-8-7-17/h2-6,9-11H,7-8H2,1H3. The summed E-state index contributed by atoms with van der Waals surface area (Å²) in [6, 6.07) is 14.3. The number of hydrogen-bond acceptors (Lipinski definition) is 2. The number of aromatic nitrogens is 2. The van der Waals surface area contributed by atoms with E-state index in [1.54, 1.807) is 0 Å². The number of hydrogen-bond donors (Lipinski definition) is 0. The second-order valence-corrected chi connectivity index (χ2v) is 5.00. The van der Waals surface area contributed by atoms with Crippen LogP contribution in [-0.4, -0.2) is 22.0 Å². The van der Waals surface area contributed by atoms with Crippen molar-refractivity contribution in [2.45, 2.75) is 0 Å². The van der Waals surface area contributed by atoms with E-state index in [2.05, 4.69) is 23.2 Å². The zero-order valence-corrected chi connectivity index (χ0v) is 12.0. The van der Waals surface area contributed by atoms with Gasteiger partial charge in [-0.15, -0.1) is 11.6 Å². The highest BCUT2D eigenvalue weighted by Gasteiger charge is 2.04. The van der Waals surface area contributed by atoms with Crippen LogP contribution in [0.4, 0.5) is 0 Å². The lowest BCUT2D eigenvalue weighted by Crippen LogP contribution is -1.97. The highest BCUT2D eigenvalue weighted by Crippen LogP contribution is 2.26. The van der Waals surface area contributed by atoms with Gasteiger partial charge < -0.3 is 9.30 Å². The minimum atomic E-state index is 0.491. The highest BCUT2D eigenvalue weighted by molar-refractivity contribution is 6.18. The molecule has 0 atom stereocenters. The lowest BCUT2D eigenvalue weighted by Gasteiger charge is -2.07. The maximum Gasteiger partial charge on any atom is 0.119 e. The van der Waals surface area contributed by atoms with E-state index in [0.717, 1.165) is 27.9 Å². The molecule has 0 spiro atoms. The minimum absolute atomic E-state index is 0.491. The molecule has 20 heavy (non-hydrogen) atoms. The molecule has 3 aromatic rings. The third-order valence-corrected chi connectivity index (χ3v) is 3.39. The zero-order valence-electron chi connectivity index (χ0n) is 11.2. The first kappa shape index (κ1) is 13.0. The summed E-state index contributed by atoms with van der Waals surface area (Å²) in [6.07, 6.45) is 1.83. The molecule has 0 fully saturated rings. The van der Waals surface area contributed by atoms with Crippen LogP contribution in [-0.2, 0) is 7.05 Å². The molecule has 1 aromatic heterocycles. The third-order valence-electron chi connectivity index (χ3n) is 3.24. The molecule has 0 radical (unpaired) electrons. The number of nitrogens with zero attached hydrogens (tertiary/aromatic N) is 2. The van der Waals surface area contributed by atoms with E-state index in [0.29, 0.717) is 12.5 Å². The maximum absolute atomic E-state index is 5.64. The number of rotatable bonds is 4. The molecule has 0 amide bonds. The van der Waals surface area contributed by atoms with Gasteiger partial charge in [-0.1, -0.05) is 18.2 Å². The molecule has 0 bridgehead atoms. The van der Waals surface area contributed by atoms with Crippen LogP contribution in [0.15, 0.2) is 48.8 Å². The molecular weight excluding hydrogens is 272 g/mol. The van der Waals surface area contributed by atoms with Crippen molar-refractivity contribution in [2.75, 3.05) is 12.5 Å². The molecule has 0 N–H and O–H groups in total. The molecule has 102 valence electrons. The van der Waals surface area contributed by atoms with E-state index in [-0.39, 0.29) is 0 Å². The molecule has 4 heteroatoms. The van der Waals surface area contributed by atoms with E-state index < -0.39 is 0 Å². The number of fused-ring (bicyclic) bond motifs is 1. The molecule has 0 aliphatic heterocycles. The number of alkyl halides is 1. The Bertz CT molecular complexity index is 736. The first-order chi connectivity index (χ1) is 9.78. The predicted octanol–water partition coefficient (Wildman–Crippen LogP) is 3.86. The Balaban J connectivity index is 1.99. The fourth-order valence-corrected chi connectivity index (χ4v) is 2.30. The summed E-state index contributed by atoms with van der Waals surface area (Å²) in [5.41, 5.74) is 4.40. The van der Waals surface area contributed by atoms with Crippen LogP contribution in [0.3, 0.4) is 0 Å².